The number of benzene rings is 8. The maximum absolute atomic E-state index is 2.54. The molecule has 0 atom stereocenters. The first-order valence-electron chi connectivity index (χ1n) is 22.2. The van der Waals surface area contributed by atoms with Crippen LogP contribution in [0, 0.1) is 27.7 Å². The van der Waals surface area contributed by atoms with Crippen molar-refractivity contribution in [3.8, 4) is 55.9 Å². The lowest BCUT2D eigenvalue weighted by Crippen LogP contribution is -2.15. The summed E-state index contributed by atoms with van der Waals surface area (Å²) in [6.07, 6.45) is 0. The van der Waals surface area contributed by atoms with Crippen LogP contribution in [0.4, 0.5) is 0 Å². The molecule has 0 radical (unpaired) electrons. The summed E-state index contributed by atoms with van der Waals surface area (Å²) in [5, 5.41) is 5.18. The Morgan fingerprint density at radius 1 is 0.323 bits per heavy atom. The van der Waals surface area contributed by atoms with E-state index in [1.54, 1.807) is 0 Å². The minimum Gasteiger partial charge on any atom is -0.313 e. The molecule has 2 aliphatic rings. The van der Waals surface area contributed by atoms with Crippen molar-refractivity contribution in [3.63, 3.8) is 0 Å². The van der Waals surface area contributed by atoms with E-state index in [1.807, 2.05) is 0 Å². The molecule has 0 saturated heterocycles. The third-order valence-electron chi connectivity index (χ3n) is 15.2. The van der Waals surface area contributed by atoms with Crippen molar-refractivity contribution in [2.75, 3.05) is 0 Å². The Bertz CT molecular complexity index is 3300. The van der Waals surface area contributed by atoms with E-state index in [-0.39, 0.29) is 10.8 Å². The monoisotopic (exact) mass is 798 g/mol. The van der Waals surface area contributed by atoms with Crippen molar-refractivity contribution in [1.82, 2.24) is 9.13 Å². The summed E-state index contributed by atoms with van der Waals surface area (Å²) in [6.45, 7) is 18.8. The molecule has 2 heteroatoms. The molecule has 0 unspecified atom stereocenters. The van der Waals surface area contributed by atoms with Gasteiger partial charge in [-0.15, -0.1) is 0 Å². The van der Waals surface area contributed by atoms with Crippen LogP contribution in [-0.2, 0) is 10.8 Å². The second kappa shape index (κ2) is 12.8. The standard InChI is InChI=1S/C60H50N2/c1-35-37(3)61(43-21-25-49-47-23-19-41(39-15-11-9-12-16-39)31-53(47)59(5,6)55(49)33-43)57-45(35)27-29-52-51(57)30-28-46-36(2)38(4)62(58(46)52)44-22-26-50-48-24-20-42(40-17-13-10-14-18-40)32-54(48)60(7,8)56(50)34-44/h9-34H,1-8H3. The topological polar surface area (TPSA) is 9.86 Å². The summed E-state index contributed by atoms with van der Waals surface area (Å²) in [5.41, 5.74) is 25.9. The summed E-state index contributed by atoms with van der Waals surface area (Å²) in [7, 11) is 0. The smallest absolute Gasteiger partial charge is 0.0613 e. The van der Waals surface area contributed by atoms with E-state index in [0.717, 1.165) is 0 Å². The number of nitrogens with zero attached hydrogens (tertiary/aromatic N) is 2. The Morgan fingerprint density at radius 3 is 1.05 bits per heavy atom. The summed E-state index contributed by atoms with van der Waals surface area (Å²) >= 11 is 0. The minimum absolute atomic E-state index is 0.141. The van der Waals surface area contributed by atoms with Gasteiger partial charge in [0.05, 0.1) is 11.0 Å². The van der Waals surface area contributed by atoms with Gasteiger partial charge in [0.15, 0.2) is 0 Å². The maximum atomic E-state index is 2.54. The SMILES string of the molecule is Cc1c(C)n(-c2ccc3c(c2)C(C)(C)c2cc(-c4ccccc4)ccc2-3)c2c1ccc1c2ccc2c(C)c(C)n(-c3ccc4c(c3)C(C)(C)c3cc(-c5ccccc5)ccc3-4)c21. The third-order valence-corrected chi connectivity index (χ3v) is 15.2. The molecule has 2 aromatic heterocycles. The number of fused-ring (bicyclic) bond motifs is 11. The first-order valence-corrected chi connectivity index (χ1v) is 22.2. The highest BCUT2D eigenvalue weighted by atomic mass is 15.0. The Labute approximate surface area is 364 Å². The van der Waals surface area contributed by atoms with Crippen molar-refractivity contribution in [1.29, 1.82) is 0 Å². The fraction of sp³-hybridized carbons (Fsp3) is 0.167. The zero-order chi connectivity index (χ0) is 42.4. The molecule has 8 aromatic carbocycles. The van der Waals surface area contributed by atoms with Crippen molar-refractivity contribution in [2.45, 2.75) is 66.2 Å². The molecule has 2 heterocycles. The molecule has 0 bridgehead atoms. The predicted molar refractivity (Wildman–Crippen MR) is 263 cm³/mol. The normalized spacial score (nSPS) is 14.4. The molecular formula is C60H50N2. The molecule has 0 aliphatic heterocycles. The first-order chi connectivity index (χ1) is 29.9. The van der Waals surface area contributed by atoms with Gasteiger partial charge in [0.1, 0.15) is 0 Å². The molecule has 0 N–H and O–H groups in total. The van der Waals surface area contributed by atoms with Crippen LogP contribution in [0.1, 0.15) is 72.5 Å². The van der Waals surface area contributed by atoms with E-state index in [1.165, 1.54) is 133 Å². The molecule has 0 spiro atoms. The summed E-state index contributed by atoms with van der Waals surface area (Å²) in [5.74, 6) is 0. The van der Waals surface area contributed by atoms with Crippen LogP contribution in [0.3, 0.4) is 0 Å². The summed E-state index contributed by atoms with van der Waals surface area (Å²) in [6, 6.07) is 59.6. The number of hydrogen-bond donors (Lipinski definition) is 0. The van der Waals surface area contributed by atoms with E-state index >= 15 is 0 Å². The van der Waals surface area contributed by atoms with Crippen LogP contribution in [0.15, 0.2) is 158 Å². The lowest BCUT2D eigenvalue weighted by molar-refractivity contribution is 0.660. The molecule has 10 aromatic rings. The third kappa shape index (κ3) is 4.92. The van der Waals surface area contributed by atoms with Gasteiger partial charge in [-0.3, -0.25) is 0 Å². The number of aryl methyl sites for hydroxylation is 2. The van der Waals surface area contributed by atoms with Crippen LogP contribution in [0.25, 0.3) is 88.5 Å². The maximum Gasteiger partial charge on any atom is 0.0613 e. The quantitative estimate of drug-likeness (QED) is 0.168. The van der Waals surface area contributed by atoms with Crippen LogP contribution in [-0.4, -0.2) is 9.13 Å². The van der Waals surface area contributed by atoms with Gasteiger partial charge in [0.25, 0.3) is 0 Å². The van der Waals surface area contributed by atoms with Gasteiger partial charge in [-0.05, 0) is 142 Å². The molecule has 2 aliphatic carbocycles. The van der Waals surface area contributed by atoms with Gasteiger partial charge >= 0.3 is 0 Å². The molecule has 12 rings (SSSR count). The Hall–Kier alpha value is -6.90. The molecular weight excluding hydrogens is 749 g/mol. The van der Waals surface area contributed by atoms with Crippen molar-refractivity contribution < 1.29 is 0 Å². The highest BCUT2D eigenvalue weighted by Gasteiger charge is 2.38. The average molecular weight is 799 g/mol. The second-order valence-corrected chi connectivity index (χ2v) is 19.1. The van der Waals surface area contributed by atoms with Crippen LogP contribution in [0.5, 0.6) is 0 Å². The van der Waals surface area contributed by atoms with E-state index in [2.05, 4.69) is 222 Å². The summed E-state index contributed by atoms with van der Waals surface area (Å²) in [4.78, 5) is 0. The van der Waals surface area contributed by atoms with Crippen LogP contribution >= 0.6 is 0 Å². The molecule has 300 valence electrons. The number of rotatable bonds is 4. The number of hydrogen-bond acceptors (Lipinski definition) is 0. The van der Waals surface area contributed by atoms with Gasteiger partial charge in [0.2, 0.25) is 0 Å². The van der Waals surface area contributed by atoms with E-state index in [0.29, 0.717) is 0 Å². The van der Waals surface area contributed by atoms with Gasteiger partial charge in [-0.25, -0.2) is 0 Å². The highest BCUT2D eigenvalue weighted by Crippen LogP contribution is 2.52. The van der Waals surface area contributed by atoms with Gasteiger partial charge in [-0.2, -0.15) is 0 Å². The Morgan fingerprint density at radius 2 is 0.661 bits per heavy atom. The molecule has 0 fully saturated rings. The van der Waals surface area contributed by atoms with E-state index in [9.17, 15) is 0 Å². The van der Waals surface area contributed by atoms with E-state index < -0.39 is 0 Å². The predicted octanol–water partition coefficient (Wildman–Crippen LogP) is 15.9. The molecule has 0 amide bonds. The zero-order valence-electron chi connectivity index (χ0n) is 36.9. The highest BCUT2D eigenvalue weighted by molar-refractivity contribution is 6.18. The second-order valence-electron chi connectivity index (χ2n) is 19.1. The lowest BCUT2D eigenvalue weighted by Gasteiger charge is -2.23. The largest absolute Gasteiger partial charge is 0.313 e. The number of aromatic nitrogens is 2. The minimum atomic E-state index is -0.141. The van der Waals surface area contributed by atoms with Gasteiger partial charge in [0, 0.05) is 55.1 Å². The first kappa shape index (κ1) is 36.9. The fourth-order valence-corrected chi connectivity index (χ4v) is 11.5. The lowest BCUT2D eigenvalue weighted by atomic mass is 9.81. The van der Waals surface area contributed by atoms with Crippen molar-refractivity contribution in [3.05, 3.63) is 202 Å². The summed E-state index contributed by atoms with van der Waals surface area (Å²) < 4.78 is 5.08. The Balaban J connectivity index is 1.01. The van der Waals surface area contributed by atoms with Crippen LogP contribution in [0.2, 0.25) is 0 Å². The fourth-order valence-electron chi connectivity index (χ4n) is 11.5. The van der Waals surface area contributed by atoms with Crippen LogP contribution < -0.4 is 0 Å². The molecule has 62 heavy (non-hydrogen) atoms. The van der Waals surface area contributed by atoms with Gasteiger partial charge in [-0.1, -0.05) is 149 Å². The molecule has 0 saturated carbocycles. The van der Waals surface area contributed by atoms with Gasteiger partial charge < -0.3 is 9.13 Å². The Kier molecular flexibility index (Phi) is 7.63. The average Bonchev–Trinajstić information content (AvgIpc) is 3.89. The molecule has 2 nitrogen and oxygen atoms in total. The van der Waals surface area contributed by atoms with Crippen molar-refractivity contribution >= 4 is 32.6 Å². The zero-order valence-corrected chi connectivity index (χ0v) is 36.9. The van der Waals surface area contributed by atoms with E-state index in [4.69, 9.17) is 0 Å². The van der Waals surface area contributed by atoms with Crippen molar-refractivity contribution in [2.24, 2.45) is 0 Å².